The van der Waals surface area contributed by atoms with Crippen molar-refractivity contribution < 1.29 is 14.7 Å². The highest BCUT2D eigenvalue weighted by Crippen LogP contribution is 2.44. The molecule has 1 aliphatic rings. The van der Waals surface area contributed by atoms with Gasteiger partial charge in [0.05, 0.1) is 5.41 Å². The molecule has 18 heavy (non-hydrogen) atoms. The molecule has 1 aromatic carbocycles. The van der Waals surface area contributed by atoms with E-state index in [0.29, 0.717) is 18.5 Å². The molecule has 0 saturated heterocycles. The molecule has 0 unspecified atom stereocenters. The maximum atomic E-state index is 11.4. The molecular weight excluding hydrogens is 232 g/mol. The van der Waals surface area contributed by atoms with Gasteiger partial charge < -0.3 is 10.8 Å². The number of carboxylic acid groups (broad SMARTS) is 1. The highest BCUT2D eigenvalue weighted by molar-refractivity contribution is 5.90. The van der Waals surface area contributed by atoms with Gasteiger partial charge in [0, 0.05) is 12.7 Å². The average Bonchev–Trinajstić information content (AvgIpc) is 2.26. The Bertz CT molecular complexity index is 495. The molecule has 0 heterocycles. The van der Waals surface area contributed by atoms with Crippen LogP contribution in [0.15, 0.2) is 24.3 Å². The smallest absolute Gasteiger partial charge is 0.318 e. The number of carboxylic acids is 1. The van der Waals surface area contributed by atoms with Crippen LogP contribution in [-0.4, -0.2) is 24.2 Å². The maximum Gasteiger partial charge on any atom is 0.318 e. The second-order valence-electron chi connectivity index (χ2n) is 4.69. The van der Waals surface area contributed by atoms with E-state index in [1.54, 1.807) is 31.3 Å². The van der Waals surface area contributed by atoms with E-state index < -0.39 is 17.4 Å². The number of amides is 2. The fraction of sp³-hybridized carbons (Fsp3) is 0.385. The molecule has 0 atom stereocenters. The van der Waals surface area contributed by atoms with Crippen molar-refractivity contribution >= 4 is 17.7 Å². The molecule has 2 rings (SSSR count). The third kappa shape index (κ3) is 1.81. The molecule has 0 spiro atoms. The molecular formula is C13H16N2O3. The van der Waals surface area contributed by atoms with E-state index in [9.17, 15) is 14.7 Å². The number of nitrogens with zero attached hydrogens (tertiary/aromatic N) is 1. The standard InChI is InChI=1S/C13H16N2O3/c1-15(12(14)18)10-5-2-4-9(8-10)13(11(16)17)6-3-7-13/h2,4-5,8H,3,6-7H2,1H3,(H2,14,18)(H,16,17). The van der Waals surface area contributed by atoms with Gasteiger partial charge in [0.2, 0.25) is 0 Å². The Kier molecular flexibility index (Phi) is 2.98. The van der Waals surface area contributed by atoms with Crippen LogP contribution in [0.4, 0.5) is 10.5 Å². The minimum atomic E-state index is -0.798. The molecule has 1 fully saturated rings. The molecule has 2 amide bonds. The maximum absolute atomic E-state index is 11.4. The Morgan fingerprint density at radius 2 is 2.06 bits per heavy atom. The van der Waals surface area contributed by atoms with Crippen LogP contribution < -0.4 is 10.6 Å². The number of hydrogen-bond acceptors (Lipinski definition) is 2. The Morgan fingerprint density at radius 1 is 1.39 bits per heavy atom. The SMILES string of the molecule is CN(C(N)=O)c1cccc(C2(C(=O)O)CCC2)c1. The van der Waals surface area contributed by atoms with Gasteiger partial charge in [0.25, 0.3) is 0 Å². The van der Waals surface area contributed by atoms with Gasteiger partial charge in [0.15, 0.2) is 0 Å². The third-order valence-electron chi connectivity index (χ3n) is 3.73. The van der Waals surface area contributed by atoms with Crippen molar-refractivity contribution in [1.29, 1.82) is 0 Å². The highest BCUT2D eigenvalue weighted by Gasteiger charge is 2.46. The summed E-state index contributed by atoms with van der Waals surface area (Å²) in [5, 5.41) is 9.37. The summed E-state index contributed by atoms with van der Waals surface area (Å²) < 4.78 is 0. The van der Waals surface area contributed by atoms with Gasteiger partial charge in [-0.05, 0) is 30.5 Å². The second kappa shape index (κ2) is 4.33. The van der Waals surface area contributed by atoms with Crippen LogP contribution in [0.5, 0.6) is 0 Å². The number of carbonyl (C=O) groups is 2. The predicted octanol–water partition coefficient (Wildman–Crippen LogP) is 1.71. The van der Waals surface area contributed by atoms with Gasteiger partial charge >= 0.3 is 12.0 Å². The Morgan fingerprint density at radius 3 is 2.50 bits per heavy atom. The molecule has 0 bridgehead atoms. The molecule has 1 saturated carbocycles. The summed E-state index contributed by atoms with van der Waals surface area (Å²) in [6, 6.07) is 6.46. The first kappa shape index (κ1) is 12.4. The molecule has 1 aromatic rings. The zero-order valence-electron chi connectivity index (χ0n) is 10.2. The normalized spacial score (nSPS) is 16.7. The van der Waals surface area contributed by atoms with Gasteiger partial charge in [-0.3, -0.25) is 9.69 Å². The third-order valence-corrected chi connectivity index (χ3v) is 3.73. The number of carbonyl (C=O) groups excluding carboxylic acids is 1. The van der Waals surface area contributed by atoms with Crippen molar-refractivity contribution in [3.8, 4) is 0 Å². The van der Waals surface area contributed by atoms with Crippen LogP contribution in [-0.2, 0) is 10.2 Å². The lowest BCUT2D eigenvalue weighted by atomic mass is 9.64. The lowest BCUT2D eigenvalue weighted by Crippen LogP contribution is -2.42. The molecule has 1 aliphatic carbocycles. The van der Waals surface area contributed by atoms with Crippen LogP contribution in [0.3, 0.4) is 0 Å². The fourth-order valence-electron chi connectivity index (χ4n) is 2.30. The number of hydrogen-bond donors (Lipinski definition) is 2. The van der Waals surface area contributed by atoms with Crippen LogP contribution in [0, 0.1) is 0 Å². The molecule has 96 valence electrons. The number of primary amides is 1. The monoisotopic (exact) mass is 248 g/mol. The van der Waals surface area contributed by atoms with E-state index in [0.717, 1.165) is 12.0 Å². The van der Waals surface area contributed by atoms with Crippen molar-refractivity contribution in [3.63, 3.8) is 0 Å². The van der Waals surface area contributed by atoms with Crippen molar-refractivity contribution in [1.82, 2.24) is 0 Å². The van der Waals surface area contributed by atoms with Gasteiger partial charge in [-0.1, -0.05) is 18.6 Å². The topological polar surface area (TPSA) is 83.6 Å². The first-order valence-corrected chi connectivity index (χ1v) is 5.84. The van der Waals surface area contributed by atoms with E-state index in [4.69, 9.17) is 5.73 Å². The largest absolute Gasteiger partial charge is 0.481 e. The summed E-state index contributed by atoms with van der Waals surface area (Å²) >= 11 is 0. The van der Waals surface area contributed by atoms with Gasteiger partial charge in [0.1, 0.15) is 0 Å². The Labute approximate surface area is 105 Å². The van der Waals surface area contributed by atoms with Gasteiger partial charge in [-0.25, -0.2) is 4.79 Å². The van der Waals surface area contributed by atoms with E-state index in [2.05, 4.69) is 0 Å². The summed E-state index contributed by atoms with van der Waals surface area (Å²) in [5.41, 5.74) is 5.78. The Balaban J connectivity index is 2.38. The summed E-state index contributed by atoms with van der Waals surface area (Å²) in [5.74, 6) is -0.798. The Hall–Kier alpha value is -2.04. The van der Waals surface area contributed by atoms with Crippen molar-refractivity contribution in [2.45, 2.75) is 24.7 Å². The number of benzene rings is 1. The minimum absolute atomic E-state index is 0.565. The van der Waals surface area contributed by atoms with Crippen molar-refractivity contribution in [2.75, 3.05) is 11.9 Å². The second-order valence-corrected chi connectivity index (χ2v) is 4.69. The average molecular weight is 248 g/mol. The first-order valence-electron chi connectivity index (χ1n) is 5.84. The minimum Gasteiger partial charge on any atom is -0.481 e. The van der Waals surface area contributed by atoms with Crippen LogP contribution in [0.25, 0.3) is 0 Å². The molecule has 5 nitrogen and oxygen atoms in total. The molecule has 0 radical (unpaired) electrons. The highest BCUT2D eigenvalue weighted by atomic mass is 16.4. The van der Waals surface area contributed by atoms with E-state index in [1.807, 2.05) is 0 Å². The molecule has 0 aromatic heterocycles. The number of urea groups is 1. The fourth-order valence-corrected chi connectivity index (χ4v) is 2.30. The van der Waals surface area contributed by atoms with E-state index >= 15 is 0 Å². The summed E-state index contributed by atoms with van der Waals surface area (Å²) in [7, 11) is 1.57. The van der Waals surface area contributed by atoms with Crippen LogP contribution >= 0.6 is 0 Å². The van der Waals surface area contributed by atoms with Gasteiger partial charge in [-0.2, -0.15) is 0 Å². The molecule has 5 heteroatoms. The van der Waals surface area contributed by atoms with Crippen LogP contribution in [0.2, 0.25) is 0 Å². The van der Waals surface area contributed by atoms with Crippen LogP contribution in [0.1, 0.15) is 24.8 Å². The number of rotatable bonds is 3. The van der Waals surface area contributed by atoms with E-state index in [-0.39, 0.29) is 0 Å². The van der Waals surface area contributed by atoms with E-state index in [1.165, 1.54) is 4.90 Å². The summed E-state index contributed by atoms with van der Waals surface area (Å²) in [6.45, 7) is 0. The lowest BCUT2D eigenvalue weighted by Gasteiger charge is -2.38. The van der Waals surface area contributed by atoms with Crippen molar-refractivity contribution in [2.24, 2.45) is 5.73 Å². The predicted molar refractivity (Wildman–Crippen MR) is 67.6 cm³/mol. The number of aliphatic carboxylic acids is 1. The number of anilines is 1. The molecule has 0 aliphatic heterocycles. The summed E-state index contributed by atoms with van der Waals surface area (Å²) in [4.78, 5) is 23.8. The zero-order valence-corrected chi connectivity index (χ0v) is 10.2. The zero-order chi connectivity index (χ0) is 13.3. The first-order chi connectivity index (χ1) is 8.47. The summed E-state index contributed by atoms with van der Waals surface area (Å²) in [6.07, 6.45) is 2.21. The number of nitrogens with two attached hydrogens (primary N) is 1. The van der Waals surface area contributed by atoms with Crippen molar-refractivity contribution in [3.05, 3.63) is 29.8 Å². The molecule has 3 N–H and O–H groups in total. The quantitative estimate of drug-likeness (QED) is 0.854. The lowest BCUT2D eigenvalue weighted by molar-refractivity contribution is -0.147. The van der Waals surface area contributed by atoms with Gasteiger partial charge in [-0.15, -0.1) is 0 Å².